The van der Waals surface area contributed by atoms with E-state index in [2.05, 4.69) is 15.5 Å². The minimum atomic E-state index is -0.724. The fraction of sp³-hybridized carbons (Fsp3) is 0.450. The number of benzene rings is 1. The first-order valence-corrected chi connectivity index (χ1v) is 9.34. The van der Waals surface area contributed by atoms with E-state index in [9.17, 15) is 10.3 Å². The van der Waals surface area contributed by atoms with Crippen LogP contribution >= 0.6 is 0 Å². The van der Waals surface area contributed by atoms with Crippen molar-refractivity contribution in [2.24, 2.45) is 0 Å². The number of nitrogens with one attached hydrogen (secondary N) is 2. The maximum atomic E-state index is 12.3. The van der Waals surface area contributed by atoms with Crippen LogP contribution in [0.3, 0.4) is 0 Å². The van der Waals surface area contributed by atoms with E-state index in [0.717, 1.165) is 21.9 Å². The lowest BCUT2D eigenvalue weighted by atomic mass is 10.0. The first kappa shape index (κ1) is 20.3. The van der Waals surface area contributed by atoms with Crippen LogP contribution < -0.4 is 15.1 Å². The number of ether oxygens (including phenoxy) is 1. The second-order valence-electron chi connectivity index (χ2n) is 7.57. The zero-order chi connectivity index (χ0) is 20.1. The van der Waals surface area contributed by atoms with E-state index in [1.165, 1.54) is 0 Å². The maximum absolute atomic E-state index is 12.3. The number of aromatic nitrogens is 2. The Bertz CT molecular complexity index is 805. The highest BCUT2D eigenvalue weighted by atomic mass is 16.5. The van der Waals surface area contributed by atoms with Gasteiger partial charge in [-0.25, -0.2) is 0 Å². The molecule has 8 heteroatoms. The number of hydrogen-bond donors (Lipinski definition) is 4. The molecule has 0 radical (unpaired) electrons. The number of H-pyrrole nitrogens is 1. The highest BCUT2D eigenvalue weighted by Gasteiger charge is 2.23. The number of nitrogens with zero attached hydrogens (tertiary/aromatic N) is 2. The number of aliphatic hydroxyl groups excluding tert-OH is 2. The van der Waals surface area contributed by atoms with Crippen molar-refractivity contribution < 1.29 is 14.9 Å². The van der Waals surface area contributed by atoms with Gasteiger partial charge in [0.15, 0.2) is 0 Å². The van der Waals surface area contributed by atoms with Gasteiger partial charge in [-0.15, -0.1) is 0 Å². The monoisotopic (exact) mass is 387 g/mol. The van der Waals surface area contributed by atoms with Crippen molar-refractivity contribution in [3.05, 3.63) is 46.9 Å². The van der Waals surface area contributed by atoms with Gasteiger partial charge in [0.2, 0.25) is 0 Å². The van der Waals surface area contributed by atoms with Crippen molar-refractivity contribution in [1.29, 1.82) is 0 Å². The van der Waals surface area contributed by atoms with Gasteiger partial charge in [-0.3, -0.25) is 5.10 Å². The molecule has 0 fully saturated rings. The number of β-amino-alcohol motifs (C(OH)–C–C–N with tert-alkyl or cyclic N) is 1. The molecule has 1 atom stereocenters. The summed E-state index contributed by atoms with van der Waals surface area (Å²) in [6.07, 6.45) is 3.40. The van der Waals surface area contributed by atoms with E-state index in [-0.39, 0.29) is 25.3 Å². The number of hydroxylamine groups is 1. The van der Waals surface area contributed by atoms with E-state index in [0.29, 0.717) is 24.4 Å². The molecule has 8 nitrogen and oxygen atoms in total. The summed E-state index contributed by atoms with van der Waals surface area (Å²) in [6.45, 7) is 4.68. The number of aliphatic hydroxyl groups is 2. The molecule has 152 valence electrons. The largest absolute Gasteiger partial charge is 0.758 e. The average molecular weight is 387 g/mol. The van der Waals surface area contributed by atoms with Gasteiger partial charge in [-0.05, 0) is 50.1 Å². The van der Waals surface area contributed by atoms with Crippen LogP contribution in [0.2, 0.25) is 0 Å². The molecular formula is C20H27N4O4-. The molecular weight excluding hydrogens is 360 g/mol. The number of fused-ring (bicyclic) bond motifs is 1. The zero-order valence-electron chi connectivity index (χ0n) is 16.2. The molecule has 1 aliphatic heterocycles. The van der Waals surface area contributed by atoms with Gasteiger partial charge in [0.1, 0.15) is 18.5 Å². The van der Waals surface area contributed by atoms with E-state index in [1.807, 2.05) is 26.0 Å². The third-order valence-corrected chi connectivity index (χ3v) is 4.74. The Labute approximate surface area is 164 Å². The molecule has 0 saturated carbocycles. The number of hydrogen-bond acceptors (Lipinski definition) is 7. The Balaban J connectivity index is 1.69. The van der Waals surface area contributed by atoms with Crippen LogP contribution in [0.5, 0.6) is 5.75 Å². The van der Waals surface area contributed by atoms with Crippen LogP contribution in [0.15, 0.2) is 30.5 Å². The van der Waals surface area contributed by atoms with Crippen LogP contribution in [0, 0.1) is 5.21 Å². The van der Waals surface area contributed by atoms with Crippen LogP contribution in [0.1, 0.15) is 31.5 Å². The molecule has 3 rings (SSSR count). The highest BCUT2D eigenvalue weighted by Crippen LogP contribution is 2.42. The molecule has 1 unspecified atom stereocenters. The fourth-order valence-corrected chi connectivity index (χ4v) is 3.15. The van der Waals surface area contributed by atoms with Crippen molar-refractivity contribution in [2.45, 2.75) is 31.9 Å². The standard InChI is InChI=1S/C20H27N4O4/c1-20(2,7-9-25)21-11-16(26)13-28-18-5-3-4-17-19(18)14(12-24(17)27)10-15-6-8-22-23-15/h3-6,8,10,16,21,25-26H,7,9,11-13H2,1-2H3,(H,22,23)/q-1. The molecule has 0 bridgehead atoms. The molecule has 1 aromatic carbocycles. The Morgan fingerprint density at radius 2 is 2.25 bits per heavy atom. The van der Waals surface area contributed by atoms with Crippen LogP contribution in [0.4, 0.5) is 5.69 Å². The van der Waals surface area contributed by atoms with Crippen LogP contribution in [-0.2, 0) is 0 Å². The average Bonchev–Trinajstić information content (AvgIpc) is 3.27. The zero-order valence-corrected chi connectivity index (χ0v) is 16.2. The molecule has 4 N–H and O–H groups in total. The van der Waals surface area contributed by atoms with E-state index >= 15 is 0 Å². The van der Waals surface area contributed by atoms with Gasteiger partial charge >= 0.3 is 0 Å². The summed E-state index contributed by atoms with van der Waals surface area (Å²) in [7, 11) is 0. The summed E-state index contributed by atoms with van der Waals surface area (Å²) in [4.78, 5) is 0. The lowest BCUT2D eigenvalue weighted by Gasteiger charge is -2.27. The smallest absolute Gasteiger partial charge is 0.129 e. The Hall–Kier alpha value is -2.39. The molecule has 2 aromatic rings. The van der Waals surface area contributed by atoms with Gasteiger partial charge in [0.05, 0.1) is 5.69 Å². The minimum absolute atomic E-state index is 0.0832. The summed E-state index contributed by atoms with van der Waals surface area (Å²) < 4.78 is 5.86. The number of rotatable bonds is 9. The summed E-state index contributed by atoms with van der Waals surface area (Å²) in [6, 6.07) is 7.16. The van der Waals surface area contributed by atoms with Crippen molar-refractivity contribution in [3.8, 4) is 5.75 Å². The van der Waals surface area contributed by atoms with Crippen molar-refractivity contribution in [1.82, 2.24) is 15.5 Å². The summed E-state index contributed by atoms with van der Waals surface area (Å²) in [5, 5.41) is 42.6. The molecule has 28 heavy (non-hydrogen) atoms. The van der Waals surface area contributed by atoms with Crippen molar-refractivity contribution >= 4 is 17.3 Å². The Morgan fingerprint density at radius 3 is 2.96 bits per heavy atom. The fourth-order valence-electron chi connectivity index (χ4n) is 3.15. The highest BCUT2D eigenvalue weighted by molar-refractivity contribution is 5.95. The van der Waals surface area contributed by atoms with E-state index in [1.54, 1.807) is 24.4 Å². The Morgan fingerprint density at radius 1 is 1.43 bits per heavy atom. The Kier molecular flexibility index (Phi) is 6.35. The predicted molar refractivity (Wildman–Crippen MR) is 109 cm³/mol. The summed E-state index contributed by atoms with van der Waals surface area (Å²) in [5.74, 6) is 0.565. The molecule has 1 aliphatic rings. The molecule has 0 amide bonds. The van der Waals surface area contributed by atoms with Crippen LogP contribution in [-0.4, -0.2) is 58.4 Å². The molecule has 1 aromatic heterocycles. The maximum Gasteiger partial charge on any atom is 0.129 e. The molecule has 2 heterocycles. The molecule has 0 spiro atoms. The third-order valence-electron chi connectivity index (χ3n) is 4.74. The first-order chi connectivity index (χ1) is 13.4. The first-order valence-electron chi connectivity index (χ1n) is 9.34. The second kappa shape index (κ2) is 8.74. The summed E-state index contributed by atoms with van der Waals surface area (Å²) >= 11 is 0. The quantitative estimate of drug-likeness (QED) is 0.518. The second-order valence-corrected chi connectivity index (χ2v) is 7.57. The topological polar surface area (TPSA) is 117 Å². The minimum Gasteiger partial charge on any atom is -0.758 e. The number of anilines is 1. The van der Waals surface area contributed by atoms with Gasteiger partial charge in [-0.1, -0.05) is 6.07 Å². The van der Waals surface area contributed by atoms with Crippen molar-refractivity contribution in [3.63, 3.8) is 0 Å². The number of aromatic amines is 1. The lowest BCUT2D eigenvalue weighted by molar-refractivity contribution is 0.0959. The molecule has 0 saturated heterocycles. The molecule has 0 aliphatic carbocycles. The normalized spacial score (nSPS) is 16.5. The summed E-state index contributed by atoms with van der Waals surface area (Å²) in [5.41, 5.74) is 2.67. The van der Waals surface area contributed by atoms with Gasteiger partial charge in [0, 0.05) is 42.7 Å². The lowest BCUT2D eigenvalue weighted by Crippen LogP contribution is -2.45. The SMILES string of the molecule is CC(C)(CCO)NCC(O)COc1cccc2c1C(=Cc1ccn[nH]1)CN2[O-]. The van der Waals surface area contributed by atoms with E-state index in [4.69, 9.17) is 9.84 Å². The predicted octanol–water partition coefficient (Wildman–Crippen LogP) is 1.76. The third kappa shape index (κ3) is 4.90. The van der Waals surface area contributed by atoms with Gasteiger partial charge < -0.3 is 30.5 Å². The van der Waals surface area contributed by atoms with Gasteiger partial charge in [0.25, 0.3) is 0 Å². The van der Waals surface area contributed by atoms with Crippen molar-refractivity contribution in [2.75, 3.05) is 31.4 Å². The van der Waals surface area contributed by atoms with Crippen LogP contribution in [0.25, 0.3) is 11.6 Å². The van der Waals surface area contributed by atoms with Gasteiger partial charge in [-0.2, -0.15) is 5.10 Å². The van der Waals surface area contributed by atoms with E-state index < -0.39 is 6.10 Å².